The van der Waals surface area contributed by atoms with Crippen LogP contribution in [0.1, 0.15) is 32.4 Å². The zero-order valence-electron chi connectivity index (χ0n) is 12.4. The van der Waals surface area contributed by atoms with Gasteiger partial charge in [-0.05, 0) is 38.5 Å². The van der Waals surface area contributed by atoms with E-state index in [4.69, 9.17) is 4.74 Å². The zero-order valence-corrected chi connectivity index (χ0v) is 13.9. The third-order valence-corrected chi connectivity index (χ3v) is 3.50. The Balaban J connectivity index is 2.29. The Bertz CT molecular complexity index is 554. The minimum Gasteiger partial charge on any atom is -0.444 e. The number of rotatable bonds is 1. The highest BCUT2D eigenvalue weighted by atomic mass is 79.9. The second-order valence-corrected chi connectivity index (χ2v) is 6.84. The summed E-state index contributed by atoms with van der Waals surface area (Å²) in [4.78, 5) is 26.0. The summed E-state index contributed by atoms with van der Waals surface area (Å²) in [5, 5.41) is 2.79. The summed E-state index contributed by atoms with van der Waals surface area (Å²) in [5.74, 6) is -0.190. The van der Waals surface area contributed by atoms with Gasteiger partial charge in [0.05, 0.1) is 0 Å². The van der Waals surface area contributed by atoms with E-state index in [0.29, 0.717) is 13.1 Å². The molecule has 0 saturated carbocycles. The van der Waals surface area contributed by atoms with Gasteiger partial charge in [0.25, 0.3) is 0 Å². The fourth-order valence-corrected chi connectivity index (χ4v) is 2.61. The molecule has 1 fully saturated rings. The molecule has 1 N–H and O–H groups in total. The van der Waals surface area contributed by atoms with Crippen molar-refractivity contribution in [3.8, 4) is 0 Å². The number of hydrogen-bond donors (Lipinski definition) is 1. The monoisotopic (exact) mass is 354 g/mol. The fraction of sp³-hybridized carbons (Fsp3) is 0.467. The standard InChI is InChI=1S/C15H19BrN2O3/c1-15(2,3)21-14(20)18-8-7-17-13(19)12(18)10-5-4-6-11(16)9-10/h4-6,9,12H,7-8H2,1-3H3,(H,17,19). The molecule has 0 aromatic heterocycles. The molecule has 1 aromatic carbocycles. The Kier molecular flexibility index (Phi) is 4.56. The molecule has 5 nitrogen and oxygen atoms in total. The SMILES string of the molecule is CC(C)(C)OC(=O)N1CCNC(=O)C1c1cccc(Br)c1. The first-order valence-corrected chi connectivity index (χ1v) is 7.60. The van der Waals surface area contributed by atoms with Crippen molar-refractivity contribution in [2.75, 3.05) is 13.1 Å². The predicted octanol–water partition coefficient (Wildman–Crippen LogP) is 2.86. The largest absolute Gasteiger partial charge is 0.444 e. The Morgan fingerprint density at radius 1 is 1.43 bits per heavy atom. The van der Waals surface area contributed by atoms with Crippen LogP contribution in [0.3, 0.4) is 0 Å². The molecule has 0 bridgehead atoms. The van der Waals surface area contributed by atoms with Gasteiger partial charge in [0.1, 0.15) is 11.6 Å². The van der Waals surface area contributed by atoms with E-state index >= 15 is 0 Å². The van der Waals surface area contributed by atoms with Crippen LogP contribution in [0.15, 0.2) is 28.7 Å². The van der Waals surface area contributed by atoms with Crippen LogP contribution in [0.2, 0.25) is 0 Å². The highest BCUT2D eigenvalue weighted by molar-refractivity contribution is 9.10. The predicted molar refractivity (Wildman–Crippen MR) is 82.8 cm³/mol. The van der Waals surface area contributed by atoms with Crippen LogP contribution in [0, 0.1) is 0 Å². The summed E-state index contributed by atoms with van der Waals surface area (Å²) in [6.07, 6.45) is -0.470. The van der Waals surface area contributed by atoms with Gasteiger partial charge in [0.15, 0.2) is 0 Å². The van der Waals surface area contributed by atoms with E-state index in [1.54, 1.807) is 0 Å². The molecule has 0 spiro atoms. The third-order valence-electron chi connectivity index (χ3n) is 3.00. The normalized spacial score (nSPS) is 19.1. The average Bonchev–Trinajstić information content (AvgIpc) is 2.36. The fourth-order valence-electron chi connectivity index (χ4n) is 2.19. The van der Waals surface area contributed by atoms with E-state index in [1.165, 1.54) is 4.90 Å². The van der Waals surface area contributed by atoms with E-state index in [1.807, 2.05) is 45.0 Å². The van der Waals surface area contributed by atoms with Gasteiger partial charge in [0, 0.05) is 17.6 Å². The molecular weight excluding hydrogens is 336 g/mol. The van der Waals surface area contributed by atoms with E-state index in [2.05, 4.69) is 21.2 Å². The highest BCUT2D eigenvalue weighted by Gasteiger charge is 2.36. The van der Waals surface area contributed by atoms with Gasteiger partial charge in [-0.25, -0.2) is 4.79 Å². The lowest BCUT2D eigenvalue weighted by Crippen LogP contribution is -2.53. The Hall–Kier alpha value is -1.56. The molecule has 2 rings (SSSR count). The third kappa shape index (κ3) is 3.97. The molecular formula is C15H19BrN2O3. The zero-order chi connectivity index (χ0) is 15.6. The summed E-state index contributed by atoms with van der Waals surface area (Å²) >= 11 is 3.39. The first-order chi connectivity index (χ1) is 9.78. The van der Waals surface area contributed by atoms with Gasteiger partial charge in [-0.2, -0.15) is 0 Å². The van der Waals surface area contributed by atoms with Crippen molar-refractivity contribution >= 4 is 27.9 Å². The molecule has 1 aliphatic heterocycles. The lowest BCUT2D eigenvalue weighted by molar-refractivity contribution is -0.129. The molecule has 6 heteroatoms. The molecule has 1 saturated heterocycles. The second kappa shape index (κ2) is 6.05. The first kappa shape index (κ1) is 15.8. The second-order valence-electron chi connectivity index (χ2n) is 5.92. The summed E-state index contributed by atoms with van der Waals surface area (Å²) in [7, 11) is 0. The van der Waals surface area contributed by atoms with Crippen molar-refractivity contribution in [3.05, 3.63) is 34.3 Å². The molecule has 1 aliphatic rings. The molecule has 1 aromatic rings. The number of carbonyl (C=O) groups excluding carboxylic acids is 2. The van der Waals surface area contributed by atoms with Crippen molar-refractivity contribution < 1.29 is 14.3 Å². The Morgan fingerprint density at radius 3 is 2.76 bits per heavy atom. The number of ether oxygens (including phenoxy) is 1. The van der Waals surface area contributed by atoms with Gasteiger partial charge in [-0.3, -0.25) is 9.69 Å². The number of nitrogens with zero attached hydrogens (tertiary/aromatic N) is 1. The van der Waals surface area contributed by atoms with Crippen LogP contribution in [-0.4, -0.2) is 35.6 Å². The Labute approximate surface area is 132 Å². The van der Waals surface area contributed by atoms with Gasteiger partial charge in [-0.1, -0.05) is 28.1 Å². The van der Waals surface area contributed by atoms with Crippen molar-refractivity contribution in [3.63, 3.8) is 0 Å². The number of benzene rings is 1. The number of hydrogen-bond acceptors (Lipinski definition) is 3. The van der Waals surface area contributed by atoms with Crippen molar-refractivity contribution in [1.82, 2.24) is 10.2 Å². The quantitative estimate of drug-likeness (QED) is 0.843. The maximum absolute atomic E-state index is 12.3. The number of nitrogens with one attached hydrogen (secondary N) is 1. The molecule has 114 valence electrons. The summed E-state index contributed by atoms with van der Waals surface area (Å²) in [6, 6.07) is 6.73. The van der Waals surface area contributed by atoms with Crippen LogP contribution in [-0.2, 0) is 9.53 Å². The van der Waals surface area contributed by atoms with E-state index in [0.717, 1.165) is 10.0 Å². The van der Waals surface area contributed by atoms with Crippen molar-refractivity contribution in [1.29, 1.82) is 0 Å². The number of amides is 2. The minimum atomic E-state index is -0.661. The molecule has 1 unspecified atom stereocenters. The summed E-state index contributed by atoms with van der Waals surface area (Å²) in [6.45, 7) is 6.29. The Morgan fingerprint density at radius 2 is 2.14 bits per heavy atom. The molecule has 1 heterocycles. The maximum Gasteiger partial charge on any atom is 0.411 e. The van der Waals surface area contributed by atoms with E-state index < -0.39 is 17.7 Å². The first-order valence-electron chi connectivity index (χ1n) is 6.81. The van der Waals surface area contributed by atoms with Crippen LogP contribution in [0.5, 0.6) is 0 Å². The van der Waals surface area contributed by atoms with Gasteiger partial charge >= 0.3 is 6.09 Å². The van der Waals surface area contributed by atoms with Crippen molar-refractivity contribution in [2.24, 2.45) is 0 Å². The van der Waals surface area contributed by atoms with Crippen LogP contribution in [0.4, 0.5) is 4.79 Å². The summed E-state index contributed by atoms with van der Waals surface area (Å²) < 4.78 is 6.27. The smallest absolute Gasteiger partial charge is 0.411 e. The van der Waals surface area contributed by atoms with Gasteiger partial charge < -0.3 is 10.1 Å². The average molecular weight is 355 g/mol. The molecule has 21 heavy (non-hydrogen) atoms. The lowest BCUT2D eigenvalue weighted by atomic mass is 10.0. The molecule has 1 atom stereocenters. The number of halogens is 1. The number of carbonyl (C=O) groups is 2. The summed E-state index contributed by atoms with van der Waals surface area (Å²) in [5.41, 5.74) is 0.166. The van der Waals surface area contributed by atoms with Crippen LogP contribution < -0.4 is 5.32 Å². The molecule has 0 radical (unpaired) electrons. The minimum absolute atomic E-state index is 0.190. The highest BCUT2D eigenvalue weighted by Crippen LogP contribution is 2.27. The van der Waals surface area contributed by atoms with Crippen LogP contribution >= 0.6 is 15.9 Å². The van der Waals surface area contributed by atoms with E-state index in [9.17, 15) is 9.59 Å². The lowest BCUT2D eigenvalue weighted by Gasteiger charge is -2.36. The maximum atomic E-state index is 12.3. The van der Waals surface area contributed by atoms with Gasteiger partial charge in [0.2, 0.25) is 5.91 Å². The molecule has 0 aliphatic carbocycles. The van der Waals surface area contributed by atoms with Crippen molar-refractivity contribution in [2.45, 2.75) is 32.4 Å². The van der Waals surface area contributed by atoms with Crippen LogP contribution in [0.25, 0.3) is 0 Å². The molecule has 2 amide bonds. The van der Waals surface area contributed by atoms with Gasteiger partial charge in [-0.15, -0.1) is 0 Å². The van der Waals surface area contributed by atoms with E-state index in [-0.39, 0.29) is 5.91 Å². The topological polar surface area (TPSA) is 58.6 Å². The number of piperazine rings is 1.